The average molecular weight is 449 g/mol. The highest BCUT2D eigenvalue weighted by Gasteiger charge is 2.36. The second kappa shape index (κ2) is 8.86. The van der Waals surface area contributed by atoms with Gasteiger partial charge in [-0.05, 0) is 54.4 Å². The smallest absolute Gasteiger partial charge is 0.229 e. The molecule has 33 heavy (non-hydrogen) atoms. The topological polar surface area (TPSA) is 82.2 Å². The molecule has 0 aliphatic carbocycles. The van der Waals surface area contributed by atoms with Crippen molar-refractivity contribution >= 4 is 40.5 Å². The number of fused-ring (bicyclic) bond motifs is 1. The van der Waals surface area contributed by atoms with E-state index in [4.69, 9.17) is 4.74 Å². The summed E-state index contributed by atoms with van der Waals surface area (Å²) in [6, 6.07) is 13.5. The molecule has 3 heterocycles. The Morgan fingerprint density at radius 1 is 1.00 bits per heavy atom. The maximum Gasteiger partial charge on any atom is 0.229 e. The van der Waals surface area contributed by atoms with Crippen molar-refractivity contribution in [2.24, 2.45) is 5.92 Å². The van der Waals surface area contributed by atoms with Crippen LogP contribution in [0.4, 0.5) is 22.7 Å². The van der Waals surface area contributed by atoms with E-state index in [-0.39, 0.29) is 24.1 Å². The second-order valence-corrected chi connectivity index (χ2v) is 8.77. The number of carbonyl (C=O) groups excluding carboxylic acids is 3. The highest BCUT2D eigenvalue weighted by atomic mass is 16.5. The van der Waals surface area contributed by atoms with Gasteiger partial charge in [0.25, 0.3) is 0 Å². The fraction of sp³-hybridized carbons (Fsp3) is 0.400. The van der Waals surface area contributed by atoms with Crippen molar-refractivity contribution in [2.45, 2.75) is 19.8 Å². The largest absolute Gasteiger partial charge is 0.378 e. The predicted octanol–water partition coefficient (Wildman–Crippen LogP) is 2.42. The van der Waals surface area contributed by atoms with Gasteiger partial charge in [0, 0.05) is 62.3 Å². The highest BCUT2D eigenvalue weighted by Crippen LogP contribution is 2.34. The number of ether oxygens (including phenoxy) is 1. The normalized spacial score (nSPS) is 20.2. The molecule has 2 aromatic rings. The Labute approximate surface area is 193 Å². The molecule has 0 bridgehead atoms. The molecular weight excluding hydrogens is 420 g/mol. The summed E-state index contributed by atoms with van der Waals surface area (Å²) >= 11 is 0. The Balaban J connectivity index is 1.22. The van der Waals surface area contributed by atoms with Gasteiger partial charge in [0.2, 0.25) is 17.7 Å². The quantitative estimate of drug-likeness (QED) is 0.777. The lowest BCUT2D eigenvalue weighted by Crippen LogP contribution is -2.36. The van der Waals surface area contributed by atoms with E-state index in [0.717, 1.165) is 61.0 Å². The summed E-state index contributed by atoms with van der Waals surface area (Å²) in [6.45, 7) is 5.76. The lowest BCUT2D eigenvalue weighted by atomic mass is 10.1. The molecule has 2 aromatic carbocycles. The van der Waals surface area contributed by atoms with E-state index in [1.54, 1.807) is 16.7 Å². The molecule has 5 rings (SSSR count). The number of morpholine rings is 1. The molecule has 172 valence electrons. The third-order valence-corrected chi connectivity index (χ3v) is 6.66. The van der Waals surface area contributed by atoms with Crippen molar-refractivity contribution in [2.75, 3.05) is 59.4 Å². The van der Waals surface area contributed by atoms with Crippen LogP contribution in [0.3, 0.4) is 0 Å². The Kier molecular flexibility index (Phi) is 5.76. The molecule has 0 saturated carbocycles. The Morgan fingerprint density at radius 3 is 2.45 bits per heavy atom. The summed E-state index contributed by atoms with van der Waals surface area (Å²) in [7, 11) is 0. The summed E-state index contributed by atoms with van der Waals surface area (Å²) in [5, 5.41) is 2.96. The van der Waals surface area contributed by atoms with Crippen LogP contribution in [-0.4, -0.2) is 57.1 Å². The molecule has 1 atom stereocenters. The number of benzene rings is 2. The van der Waals surface area contributed by atoms with Gasteiger partial charge in [-0.15, -0.1) is 0 Å². The number of nitrogens with one attached hydrogen (secondary N) is 1. The first-order valence-corrected chi connectivity index (χ1v) is 11.4. The van der Waals surface area contributed by atoms with Crippen LogP contribution in [-0.2, 0) is 25.5 Å². The fourth-order valence-corrected chi connectivity index (χ4v) is 4.84. The van der Waals surface area contributed by atoms with Crippen LogP contribution in [0.15, 0.2) is 42.5 Å². The van der Waals surface area contributed by atoms with E-state index in [2.05, 4.69) is 10.2 Å². The van der Waals surface area contributed by atoms with Crippen LogP contribution in [0.5, 0.6) is 0 Å². The SMILES string of the molecule is CC(=O)N1CCc2cc(N3C[C@@H](C(=O)Nc4ccc(N5CCOCC5)cc4)CC3=O)ccc21. The lowest BCUT2D eigenvalue weighted by molar-refractivity contribution is -0.122. The van der Waals surface area contributed by atoms with E-state index in [1.165, 1.54) is 0 Å². The van der Waals surface area contributed by atoms with Gasteiger partial charge in [-0.1, -0.05) is 0 Å². The van der Waals surface area contributed by atoms with E-state index in [0.29, 0.717) is 13.1 Å². The monoisotopic (exact) mass is 448 g/mol. The summed E-state index contributed by atoms with van der Waals surface area (Å²) in [5.74, 6) is -0.583. The number of carbonyl (C=O) groups is 3. The zero-order valence-corrected chi connectivity index (χ0v) is 18.8. The second-order valence-electron chi connectivity index (χ2n) is 8.77. The Morgan fingerprint density at radius 2 is 1.73 bits per heavy atom. The molecule has 2 fully saturated rings. The third kappa shape index (κ3) is 4.30. The number of anilines is 4. The number of nitrogens with zero attached hydrogens (tertiary/aromatic N) is 3. The van der Waals surface area contributed by atoms with Gasteiger partial charge in [0.1, 0.15) is 0 Å². The number of rotatable bonds is 4. The molecular formula is C25H28N4O4. The van der Waals surface area contributed by atoms with Gasteiger partial charge >= 0.3 is 0 Å². The molecule has 0 spiro atoms. The van der Waals surface area contributed by atoms with Crippen LogP contribution < -0.4 is 20.0 Å². The fourth-order valence-electron chi connectivity index (χ4n) is 4.84. The van der Waals surface area contributed by atoms with Crippen molar-refractivity contribution in [3.05, 3.63) is 48.0 Å². The summed E-state index contributed by atoms with van der Waals surface area (Å²) in [5.41, 5.74) is 4.59. The lowest BCUT2D eigenvalue weighted by Gasteiger charge is -2.28. The molecule has 8 nitrogen and oxygen atoms in total. The number of hydrogen-bond donors (Lipinski definition) is 1. The van der Waals surface area contributed by atoms with Gasteiger partial charge in [0.05, 0.1) is 19.1 Å². The summed E-state index contributed by atoms with van der Waals surface area (Å²) in [4.78, 5) is 43.0. The van der Waals surface area contributed by atoms with Crippen LogP contribution in [0.1, 0.15) is 18.9 Å². The number of amides is 3. The highest BCUT2D eigenvalue weighted by molar-refractivity contribution is 6.04. The van der Waals surface area contributed by atoms with E-state index in [1.807, 2.05) is 42.5 Å². The predicted molar refractivity (Wildman–Crippen MR) is 127 cm³/mol. The number of hydrogen-bond acceptors (Lipinski definition) is 5. The molecule has 3 amide bonds. The van der Waals surface area contributed by atoms with Crippen molar-refractivity contribution in [1.29, 1.82) is 0 Å². The first-order valence-electron chi connectivity index (χ1n) is 11.4. The van der Waals surface area contributed by atoms with Crippen molar-refractivity contribution < 1.29 is 19.1 Å². The van der Waals surface area contributed by atoms with Crippen LogP contribution >= 0.6 is 0 Å². The first-order chi connectivity index (χ1) is 16.0. The van der Waals surface area contributed by atoms with Crippen LogP contribution in [0.25, 0.3) is 0 Å². The van der Waals surface area contributed by atoms with Crippen molar-refractivity contribution in [1.82, 2.24) is 0 Å². The maximum absolute atomic E-state index is 12.9. The molecule has 3 aliphatic heterocycles. The minimum absolute atomic E-state index is 0.0217. The van der Waals surface area contributed by atoms with Gasteiger partial charge in [-0.25, -0.2) is 0 Å². The van der Waals surface area contributed by atoms with Crippen molar-refractivity contribution in [3.8, 4) is 0 Å². The average Bonchev–Trinajstić information content (AvgIpc) is 3.43. The molecule has 0 radical (unpaired) electrons. The van der Waals surface area contributed by atoms with Crippen molar-refractivity contribution in [3.63, 3.8) is 0 Å². The zero-order chi connectivity index (χ0) is 22.9. The van der Waals surface area contributed by atoms with Gasteiger partial charge in [-0.2, -0.15) is 0 Å². The third-order valence-electron chi connectivity index (χ3n) is 6.66. The van der Waals surface area contributed by atoms with Gasteiger partial charge < -0.3 is 24.8 Å². The van der Waals surface area contributed by atoms with E-state index < -0.39 is 5.92 Å². The Bertz CT molecular complexity index is 1080. The van der Waals surface area contributed by atoms with Crippen LogP contribution in [0.2, 0.25) is 0 Å². The summed E-state index contributed by atoms with van der Waals surface area (Å²) in [6.07, 6.45) is 0.962. The molecule has 2 saturated heterocycles. The molecule has 0 aromatic heterocycles. The molecule has 8 heteroatoms. The van der Waals surface area contributed by atoms with Gasteiger partial charge in [-0.3, -0.25) is 14.4 Å². The van der Waals surface area contributed by atoms with Crippen LogP contribution in [0, 0.1) is 5.92 Å². The van der Waals surface area contributed by atoms with E-state index >= 15 is 0 Å². The zero-order valence-electron chi connectivity index (χ0n) is 18.8. The molecule has 0 unspecified atom stereocenters. The van der Waals surface area contributed by atoms with Gasteiger partial charge in [0.15, 0.2) is 0 Å². The molecule has 3 aliphatic rings. The maximum atomic E-state index is 12.9. The first kappa shape index (κ1) is 21.5. The standard InChI is InChI=1S/C25H28N4O4/c1-17(30)28-9-8-18-14-22(6-7-23(18)28)29-16-19(15-24(29)31)25(32)26-20-2-4-21(5-3-20)27-10-12-33-13-11-27/h2-7,14,19H,8-13,15-16H2,1H3,(H,26,32)/t19-/m0/s1. The minimum atomic E-state index is -0.404. The van der Waals surface area contributed by atoms with E-state index in [9.17, 15) is 14.4 Å². The summed E-state index contributed by atoms with van der Waals surface area (Å²) < 4.78 is 5.39. The Hall–Kier alpha value is -3.39. The molecule has 1 N–H and O–H groups in total. The minimum Gasteiger partial charge on any atom is -0.378 e.